The lowest BCUT2D eigenvalue weighted by Gasteiger charge is -2.37. The van der Waals surface area contributed by atoms with Crippen LogP contribution < -0.4 is 9.62 Å². The van der Waals surface area contributed by atoms with E-state index in [1.807, 2.05) is 0 Å². The molecule has 5 rings (SSSR count). The van der Waals surface area contributed by atoms with Gasteiger partial charge in [0.1, 0.15) is 12.6 Å². The monoisotopic (exact) mass is 660 g/mol. The summed E-state index contributed by atoms with van der Waals surface area (Å²) in [6.07, 6.45) is 0.269. The van der Waals surface area contributed by atoms with E-state index in [9.17, 15) is 35.9 Å². The summed E-state index contributed by atoms with van der Waals surface area (Å²) < 4.78 is 88.5. The minimum Gasteiger partial charge on any atom is -0.371 e. The Morgan fingerprint density at radius 1 is 1.09 bits per heavy atom. The number of halogens is 4. The van der Waals surface area contributed by atoms with Gasteiger partial charge in [-0.25, -0.2) is 17.5 Å². The molecular weight excluding hydrogens is 628 g/mol. The summed E-state index contributed by atoms with van der Waals surface area (Å²) in [6.45, 7) is -0.592. The van der Waals surface area contributed by atoms with Crippen LogP contribution in [0.2, 0.25) is 0 Å². The molecule has 1 fully saturated rings. The zero-order chi connectivity index (χ0) is 33.1. The molecule has 46 heavy (non-hydrogen) atoms. The van der Waals surface area contributed by atoms with Gasteiger partial charge in [0.15, 0.2) is 0 Å². The van der Waals surface area contributed by atoms with Gasteiger partial charge in [-0.15, -0.1) is 0 Å². The molecule has 0 unspecified atom stereocenters. The number of carbonyl (C=O) groups excluding carboxylic acids is 1. The van der Waals surface area contributed by atoms with E-state index in [2.05, 4.69) is 10.4 Å². The van der Waals surface area contributed by atoms with Crippen LogP contribution in [0.5, 0.6) is 0 Å². The van der Waals surface area contributed by atoms with Gasteiger partial charge in [0.05, 0.1) is 34.1 Å². The number of aliphatic hydroxyl groups is 1. The number of nitrogens with one attached hydrogen (secondary N) is 1. The number of hydrogen-bond donors (Lipinski definition) is 2. The van der Waals surface area contributed by atoms with Gasteiger partial charge >= 0.3 is 6.18 Å². The molecule has 0 bridgehead atoms. The molecular formula is C32H32F4N4O5S. The number of alkyl halides is 3. The number of aliphatic hydroxyl groups excluding tert-OH is 1. The van der Waals surface area contributed by atoms with Crippen LogP contribution in [0.25, 0.3) is 5.69 Å². The summed E-state index contributed by atoms with van der Waals surface area (Å²) in [4.78, 5) is 13.4. The predicted octanol–water partition coefficient (Wildman–Crippen LogP) is 5.96. The highest BCUT2D eigenvalue weighted by molar-refractivity contribution is 7.92. The fraction of sp³-hybridized carbons (Fsp3) is 0.312. The molecule has 4 aromatic rings. The Hall–Kier alpha value is -4.27. The predicted molar refractivity (Wildman–Crippen MR) is 162 cm³/mol. The van der Waals surface area contributed by atoms with Crippen molar-refractivity contribution in [3.8, 4) is 5.69 Å². The van der Waals surface area contributed by atoms with E-state index in [0.29, 0.717) is 42.8 Å². The van der Waals surface area contributed by atoms with E-state index in [1.54, 1.807) is 59.5 Å². The first-order valence-corrected chi connectivity index (χ1v) is 15.9. The van der Waals surface area contributed by atoms with Crippen molar-refractivity contribution in [2.24, 2.45) is 11.8 Å². The van der Waals surface area contributed by atoms with Crippen molar-refractivity contribution in [1.82, 2.24) is 9.78 Å². The van der Waals surface area contributed by atoms with Gasteiger partial charge in [-0.05, 0) is 78.9 Å². The minimum absolute atomic E-state index is 0.00261. The van der Waals surface area contributed by atoms with Crippen LogP contribution in [0.15, 0.2) is 90.1 Å². The van der Waals surface area contributed by atoms with Crippen LogP contribution >= 0.6 is 0 Å². The van der Waals surface area contributed by atoms with E-state index < -0.39 is 52.1 Å². The Morgan fingerprint density at radius 3 is 2.50 bits per heavy atom. The standard InChI is InChI=1S/C32H32F4N4O5S/c1-39(46(43,44)25-6-2-5-24(18-25)40-16-4-15-37-40)23-12-9-21(10-13-23)26-7-3-8-27(28(26)19-45-20-41)31(42)38-30-14-11-22(17-29(30)33)32(34,35)36/h2,4-6,9-18,26-28,41H,3,7-8,19-20H2,1H3,(H,38,42)/t26-,27-,28-/m1/s1. The highest BCUT2D eigenvalue weighted by atomic mass is 32.2. The Balaban J connectivity index is 1.34. The number of nitrogens with zero attached hydrogens (tertiary/aromatic N) is 3. The third-order valence-electron chi connectivity index (χ3n) is 8.29. The first-order chi connectivity index (χ1) is 21.9. The third-order valence-corrected chi connectivity index (χ3v) is 10.1. The summed E-state index contributed by atoms with van der Waals surface area (Å²) >= 11 is 0. The summed E-state index contributed by atoms with van der Waals surface area (Å²) in [5, 5.41) is 15.9. The molecule has 1 heterocycles. The van der Waals surface area contributed by atoms with Crippen molar-refractivity contribution in [2.75, 3.05) is 30.1 Å². The number of carbonyl (C=O) groups is 1. The van der Waals surface area contributed by atoms with Gasteiger partial charge in [0.2, 0.25) is 5.91 Å². The van der Waals surface area contributed by atoms with Crippen molar-refractivity contribution >= 4 is 27.3 Å². The number of anilines is 2. The fourth-order valence-corrected chi connectivity index (χ4v) is 7.12. The van der Waals surface area contributed by atoms with E-state index in [1.165, 1.54) is 23.5 Å². The summed E-state index contributed by atoms with van der Waals surface area (Å²) in [5.74, 6) is -3.18. The number of amides is 1. The van der Waals surface area contributed by atoms with E-state index in [4.69, 9.17) is 4.74 Å². The molecule has 9 nitrogen and oxygen atoms in total. The lowest BCUT2D eigenvalue weighted by atomic mass is 9.69. The lowest BCUT2D eigenvalue weighted by Crippen LogP contribution is -2.38. The van der Waals surface area contributed by atoms with Crippen LogP contribution in [-0.4, -0.2) is 49.7 Å². The summed E-state index contributed by atoms with van der Waals surface area (Å²) in [6, 6.07) is 16.9. The average molecular weight is 661 g/mol. The molecule has 2 N–H and O–H groups in total. The Bertz CT molecular complexity index is 1770. The second kappa shape index (κ2) is 13.6. The van der Waals surface area contributed by atoms with Gasteiger partial charge in [0.25, 0.3) is 10.0 Å². The number of ether oxygens (including phenoxy) is 1. The quantitative estimate of drug-likeness (QED) is 0.160. The van der Waals surface area contributed by atoms with Crippen molar-refractivity contribution < 1.29 is 40.6 Å². The second-order valence-electron chi connectivity index (χ2n) is 11.0. The maximum Gasteiger partial charge on any atom is 0.416 e. The fourth-order valence-electron chi connectivity index (χ4n) is 5.88. The van der Waals surface area contributed by atoms with E-state index in [0.717, 1.165) is 11.6 Å². The Kier molecular flexibility index (Phi) is 9.79. The van der Waals surface area contributed by atoms with Gasteiger partial charge in [-0.2, -0.15) is 18.3 Å². The van der Waals surface area contributed by atoms with Crippen LogP contribution in [0.1, 0.15) is 36.3 Å². The summed E-state index contributed by atoms with van der Waals surface area (Å²) in [7, 11) is -2.48. The van der Waals surface area contributed by atoms with Crippen LogP contribution in [0.3, 0.4) is 0 Å². The molecule has 3 atom stereocenters. The van der Waals surface area contributed by atoms with Crippen LogP contribution in [0, 0.1) is 17.7 Å². The zero-order valence-electron chi connectivity index (χ0n) is 24.7. The lowest BCUT2D eigenvalue weighted by molar-refractivity contribution is -0.137. The molecule has 0 spiro atoms. The molecule has 1 aliphatic carbocycles. The zero-order valence-corrected chi connectivity index (χ0v) is 25.5. The number of benzene rings is 3. The number of sulfonamides is 1. The number of aromatic nitrogens is 2. The topological polar surface area (TPSA) is 114 Å². The van der Waals surface area contributed by atoms with E-state index >= 15 is 0 Å². The Morgan fingerprint density at radius 2 is 1.85 bits per heavy atom. The molecule has 3 aromatic carbocycles. The largest absolute Gasteiger partial charge is 0.416 e. The van der Waals surface area contributed by atoms with Crippen molar-refractivity contribution in [3.63, 3.8) is 0 Å². The van der Waals surface area contributed by atoms with Gasteiger partial charge in [0, 0.05) is 31.3 Å². The van der Waals surface area contributed by atoms with Gasteiger partial charge in [-0.3, -0.25) is 9.10 Å². The van der Waals surface area contributed by atoms with Crippen LogP contribution in [-0.2, 0) is 25.7 Å². The molecule has 1 saturated carbocycles. The van der Waals surface area contributed by atoms with Crippen LogP contribution in [0.4, 0.5) is 28.9 Å². The van der Waals surface area contributed by atoms with Crippen molar-refractivity contribution in [3.05, 3.63) is 102 Å². The van der Waals surface area contributed by atoms with Crippen molar-refractivity contribution in [1.29, 1.82) is 0 Å². The van der Waals surface area contributed by atoms with Gasteiger partial charge < -0.3 is 15.2 Å². The molecule has 1 aromatic heterocycles. The van der Waals surface area contributed by atoms with Gasteiger partial charge in [-0.1, -0.05) is 24.6 Å². The highest BCUT2D eigenvalue weighted by Crippen LogP contribution is 2.43. The molecule has 1 aliphatic rings. The number of hydrogen-bond acceptors (Lipinski definition) is 6. The molecule has 1 amide bonds. The first-order valence-electron chi connectivity index (χ1n) is 14.5. The minimum atomic E-state index is -4.73. The average Bonchev–Trinajstić information content (AvgIpc) is 3.59. The number of rotatable bonds is 10. The molecule has 0 saturated heterocycles. The second-order valence-corrected chi connectivity index (χ2v) is 13.0. The SMILES string of the molecule is CN(c1ccc([C@H]2CCC[C@@H](C(=O)Nc3ccc(C(F)(F)F)cc3F)[C@@H]2COCO)cc1)S(=O)(=O)c1cccc(-n2cccn2)c1. The first kappa shape index (κ1) is 33.1. The molecule has 0 radical (unpaired) electrons. The normalized spacial score (nSPS) is 18.7. The molecule has 14 heteroatoms. The van der Waals surface area contributed by atoms with E-state index in [-0.39, 0.29) is 23.1 Å². The maximum absolute atomic E-state index is 14.5. The summed E-state index contributed by atoms with van der Waals surface area (Å²) in [5.41, 5.74) is 0.257. The molecule has 244 valence electrons. The molecule has 0 aliphatic heterocycles. The van der Waals surface area contributed by atoms with Crippen molar-refractivity contribution in [2.45, 2.75) is 36.3 Å². The highest BCUT2D eigenvalue weighted by Gasteiger charge is 2.39. The smallest absolute Gasteiger partial charge is 0.371 e. The Labute approximate surface area is 263 Å². The third kappa shape index (κ3) is 7.08. The maximum atomic E-state index is 14.5.